The molecule has 1 heterocycles. The maximum Gasteiger partial charge on any atom is 0.340 e. The van der Waals surface area contributed by atoms with Crippen molar-refractivity contribution in [2.24, 2.45) is 0 Å². The quantitative estimate of drug-likeness (QED) is 0.805. The van der Waals surface area contributed by atoms with Crippen molar-refractivity contribution >= 4 is 22.7 Å². The van der Waals surface area contributed by atoms with Gasteiger partial charge < -0.3 is 4.74 Å². The summed E-state index contributed by atoms with van der Waals surface area (Å²) >= 11 is 0. The summed E-state index contributed by atoms with van der Waals surface area (Å²) in [4.78, 5) is 27.9. The number of esters is 1. The van der Waals surface area contributed by atoms with Crippen LogP contribution in [-0.2, 0) is 9.53 Å². The van der Waals surface area contributed by atoms with E-state index in [1.807, 2.05) is 31.2 Å². The van der Waals surface area contributed by atoms with Crippen LogP contribution in [0.1, 0.15) is 35.5 Å². The van der Waals surface area contributed by atoms with Gasteiger partial charge in [-0.05, 0) is 39.3 Å². The van der Waals surface area contributed by atoms with Gasteiger partial charge in [-0.25, -0.2) is 4.79 Å². The number of para-hydroxylation sites is 1. The van der Waals surface area contributed by atoms with E-state index in [0.717, 1.165) is 16.5 Å². The lowest BCUT2D eigenvalue weighted by atomic mass is 10.0. The fourth-order valence-electron chi connectivity index (χ4n) is 2.13. The van der Waals surface area contributed by atoms with Gasteiger partial charge >= 0.3 is 5.97 Å². The molecule has 0 amide bonds. The third kappa shape index (κ3) is 2.54. The minimum Gasteiger partial charge on any atom is -0.451 e. The highest BCUT2D eigenvalue weighted by Gasteiger charge is 2.21. The summed E-state index contributed by atoms with van der Waals surface area (Å²) in [6.07, 6.45) is -0.743. The SMILES string of the molecule is CC(=O)C(C)OC(=O)c1c(C)nc2ccccc2c1C. The van der Waals surface area contributed by atoms with Crippen LogP contribution in [0.15, 0.2) is 24.3 Å². The molecule has 0 radical (unpaired) electrons. The Bertz CT molecular complexity index is 691. The van der Waals surface area contributed by atoms with E-state index in [1.54, 1.807) is 13.8 Å². The predicted molar refractivity (Wildman–Crippen MR) is 76.8 cm³/mol. The molecular weight excluding hydrogens is 254 g/mol. The smallest absolute Gasteiger partial charge is 0.340 e. The number of nitrogens with zero attached hydrogens (tertiary/aromatic N) is 1. The van der Waals surface area contributed by atoms with Crippen LogP contribution >= 0.6 is 0 Å². The minimum absolute atomic E-state index is 0.178. The molecule has 0 fully saturated rings. The summed E-state index contributed by atoms with van der Waals surface area (Å²) < 4.78 is 5.18. The number of aryl methyl sites for hydroxylation is 2. The molecule has 0 saturated heterocycles. The Morgan fingerprint density at radius 1 is 1.20 bits per heavy atom. The first-order chi connectivity index (χ1) is 9.41. The molecule has 4 heteroatoms. The number of pyridine rings is 1. The molecule has 1 aromatic carbocycles. The molecule has 0 bridgehead atoms. The van der Waals surface area contributed by atoms with Gasteiger partial charge in [-0.2, -0.15) is 0 Å². The molecule has 0 N–H and O–H groups in total. The summed E-state index contributed by atoms with van der Waals surface area (Å²) in [5.41, 5.74) is 2.73. The maximum atomic E-state index is 12.2. The molecule has 2 aromatic rings. The Labute approximate surface area is 117 Å². The van der Waals surface area contributed by atoms with Crippen LogP contribution in [0.3, 0.4) is 0 Å². The molecule has 4 nitrogen and oxygen atoms in total. The van der Waals surface area contributed by atoms with E-state index in [0.29, 0.717) is 11.3 Å². The average molecular weight is 271 g/mol. The molecule has 0 aliphatic rings. The number of ketones is 1. The second kappa shape index (κ2) is 5.41. The van der Waals surface area contributed by atoms with E-state index in [-0.39, 0.29) is 5.78 Å². The molecular formula is C16H17NO3. The zero-order valence-electron chi connectivity index (χ0n) is 12.1. The van der Waals surface area contributed by atoms with Gasteiger partial charge in [0.15, 0.2) is 11.9 Å². The van der Waals surface area contributed by atoms with Crippen LogP contribution in [0.5, 0.6) is 0 Å². The van der Waals surface area contributed by atoms with E-state index in [9.17, 15) is 9.59 Å². The van der Waals surface area contributed by atoms with Gasteiger partial charge in [-0.3, -0.25) is 9.78 Å². The van der Waals surface area contributed by atoms with Gasteiger partial charge in [-0.1, -0.05) is 18.2 Å². The molecule has 0 spiro atoms. The van der Waals surface area contributed by atoms with Crippen molar-refractivity contribution < 1.29 is 14.3 Å². The fraction of sp³-hybridized carbons (Fsp3) is 0.312. The number of hydrogen-bond acceptors (Lipinski definition) is 4. The topological polar surface area (TPSA) is 56.3 Å². The highest BCUT2D eigenvalue weighted by molar-refractivity contribution is 5.99. The predicted octanol–water partition coefficient (Wildman–Crippen LogP) is 2.99. The third-order valence-corrected chi connectivity index (χ3v) is 3.39. The molecule has 0 aliphatic heterocycles. The normalized spacial score (nSPS) is 12.2. The lowest BCUT2D eigenvalue weighted by Crippen LogP contribution is -2.23. The highest BCUT2D eigenvalue weighted by Crippen LogP contribution is 2.23. The lowest BCUT2D eigenvalue weighted by molar-refractivity contribution is -0.124. The molecule has 1 unspecified atom stereocenters. The Morgan fingerprint density at radius 2 is 1.85 bits per heavy atom. The van der Waals surface area contributed by atoms with Crippen LogP contribution in [0.2, 0.25) is 0 Å². The van der Waals surface area contributed by atoms with Crippen molar-refractivity contribution in [3.05, 3.63) is 41.1 Å². The van der Waals surface area contributed by atoms with Crippen molar-refractivity contribution in [2.75, 3.05) is 0 Å². The molecule has 1 atom stereocenters. The number of carbonyl (C=O) groups is 2. The van der Waals surface area contributed by atoms with Gasteiger partial charge in [0.25, 0.3) is 0 Å². The Balaban J connectivity index is 2.49. The highest BCUT2D eigenvalue weighted by atomic mass is 16.5. The van der Waals surface area contributed by atoms with Gasteiger partial charge in [0.05, 0.1) is 16.8 Å². The standard InChI is InChI=1S/C16H17NO3/c1-9-13-7-5-6-8-14(13)17-10(2)15(9)16(19)20-12(4)11(3)18/h5-8,12H,1-4H3. The first-order valence-corrected chi connectivity index (χ1v) is 6.49. The zero-order chi connectivity index (χ0) is 14.9. The Kier molecular flexibility index (Phi) is 3.84. The van der Waals surface area contributed by atoms with E-state index >= 15 is 0 Å². The molecule has 0 aliphatic carbocycles. The van der Waals surface area contributed by atoms with Crippen molar-refractivity contribution in [2.45, 2.75) is 33.8 Å². The van der Waals surface area contributed by atoms with Crippen molar-refractivity contribution in [3.8, 4) is 0 Å². The van der Waals surface area contributed by atoms with E-state index in [4.69, 9.17) is 4.74 Å². The summed E-state index contributed by atoms with van der Waals surface area (Å²) in [7, 11) is 0. The number of rotatable bonds is 3. The van der Waals surface area contributed by atoms with Crippen LogP contribution in [0.25, 0.3) is 10.9 Å². The van der Waals surface area contributed by atoms with Crippen LogP contribution in [-0.4, -0.2) is 22.8 Å². The largest absolute Gasteiger partial charge is 0.451 e. The molecule has 20 heavy (non-hydrogen) atoms. The van der Waals surface area contributed by atoms with Crippen molar-refractivity contribution in [3.63, 3.8) is 0 Å². The van der Waals surface area contributed by atoms with Crippen LogP contribution in [0, 0.1) is 13.8 Å². The monoisotopic (exact) mass is 271 g/mol. The number of benzene rings is 1. The summed E-state index contributed by atoms with van der Waals surface area (Å²) in [5, 5.41) is 0.917. The summed E-state index contributed by atoms with van der Waals surface area (Å²) in [5.74, 6) is -0.677. The molecule has 0 saturated carbocycles. The van der Waals surface area contributed by atoms with Crippen LogP contribution in [0.4, 0.5) is 0 Å². The third-order valence-electron chi connectivity index (χ3n) is 3.39. The first-order valence-electron chi connectivity index (χ1n) is 6.49. The first kappa shape index (κ1) is 14.2. The number of ether oxygens (including phenoxy) is 1. The number of hydrogen-bond donors (Lipinski definition) is 0. The number of Topliss-reactive ketones (excluding diaryl/α,β-unsaturated/α-hetero) is 1. The lowest BCUT2D eigenvalue weighted by Gasteiger charge is -2.14. The number of aromatic nitrogens is 1. The maximum absolute atomic E-state index is 12.2. The molecule has 104 valence electrons. The fourth-order valence-corrected chi connectivity index (χ4v) is 2.13. The van der Waals surface area contributed by atoms with Crippen molar-refractivity contribution in [1.82, 2.24) is 4.98 Å². The van der Waals surface area contributed by atoms with E-state index < -0.39 is 12.1 Å². The molecule has 2 rings (SSSR count). The van der Waals surface area contributed by atoms with Crippen molar-refractivity contribution in [1.29, 1.82) is 0 Å². The number of carbonyl (C=O) groups excluding carboxylic acids is 2. The van der Waals surface area contributed by atoms with E-state index in [2.05, 4.69) is 4.98 Å². The van der Waals surface area contributed by atoms with Gasteiger partial charge in [-0.15, -0.1) is 0 Å². The molecule has 1 aromatic heterocycles. The summed E-state index contributed by atoms with van der Waals surface area (Å²) in [6.45, 7) is 6.61. The van der Waals surface area contributed by atoms with E-state index in [1.165, 1.54) is 6.92 Å². The van der Waals surface area contributed by atoms with Crippen LogP contribution < -0.4 is 0 Å². The zero-order valence-corrected chi connectivity index (χ0v) is 12.1. The summed E-state index contributed by atoms with van der Waals surface area (Å²) in [6, 6.07) is 7.63. The van der Waals surface area contributed by atoms with Gasteiger partial charge in [0.1, 0.15) is 0 Å². The van der Waals surface area contributed by atoms with Gasteiger partial charge in [0, 0.05) is 5.39 Å². The van der Waals surface area contributed by atoms with Gasteiger partial charge in [0.2, 0.25) is 0 Å². The Morgan fingerprint density at radius 3 is 2.50 bits per heavy atom. The second-order valence-corrected chi connectivity index (χ2v) is 4.87. The minimum atomic E-state index is -0.743. The Hall–Kier alpha value is -2.23. The average Bonchev–Trinajstić information content (AvgIpc) is 2.38. The number of fused-ring (bicyclic) bond motifs is 1. The second-order valence-electron chi connectivity index (χ2n) is 4.87.